The fourth-order valence-electron chi connectivity index (χ4n) is 1.68. The summed E-state index contributed by atoms with van der Waals surface area (Å²) < 4.78 is 0. The van der Waals surface area contributed by atoms with Crippen molar-refractivity contribution < 1.29 is 9.72 Å². The van der Waals surface area contributed by atoms with E-state index in [4.69, 9.17) is 0 Å². The number of alkyl halides is 1. The number of carbonyl (C=O) groups excluding carboxylic acids is 1. The molecule has 0 saturated heterocycles. The van der Waals surface area contributed by atoms with Gasteiger partial charge in [0.1, 0.15) is 0 Å². The van der Waals surface area contributed by atoms with Crippen LogP contribution in [0.5, 0.6) is 0 Å². The highest BCUT2D eigenvalue weighted by Gasteiger charge is 2.21. The zero-order valence-electron chi connectivity index (χ0n) is 11.2. The number of hydrogen-bond acceptors (Lipinski definition) is 3. The fourth-order valence-corrected chi connectivity index (χ4v) is 2.67. The zero-order valence-corrected chi connectivity index (χ0v) is 12.8. The van der Waals surface area contributed by atoms with Gasteiger partial charge in [0.2, 0.25) is 0 Å². The van der Waals surface area contributed by atoms with Gasteiger partial charge >= 0.3 is 0 Å². The number of nitro benzene ring substituents is 1. The third kappa shape index (κ3) is 4.31. The minimum atomic E-state index is -0.453. The molecule has 0 fully saturated rings. The normalized spacial score (nSPS) is 11.2. The van der Waals surface area contributed by atoms with Crippen LogP contribution in [0.25, 0.3) is 0 Å². The number of halogens is 1. The highest BCUT2D eigenvalue weighted by atomic mass is 79.9. The Bertz CT molecular complexity index is 501. The lowest BCUT2D eigenvalue weighted by molar-refractivity contribution is -0.385. The molecule has 1 N–H and O–H groups in total. The number of nitro groups is 1. The first kappa shape index (κ1) is 15.6. The Morgan fingerprint density at radius 3 is 2.58 bits per heavy atom. The molecule has 0 aliphatic heterocycles. The third-order valence-corrected chi connectivity index (χ3v) is 3.22. The summed E-state index contributed by atoms with van der Waals surface area (Å²) in [6.45, 7) is 5.49. The molecule has 0 bridgehead atoms. The van der Waals surface area contributed by atoms with Crippen molar-refractivity contribution in [3.05, 3.63) is 39.4 Å². The van der Waals surface area contributed by atoms with Crippen LogP contribution in [0.3, 0.4) is 0 Å². The van der Waals surface area contributed by atoms with Crippen molar-refractivity contribution in [3.8, 4) is 0 Å². The van der Waals surface area contributed by atoms with Crippen molar-refractivity contribution in [2.75, 3.05) is 5.33 Å². The van der Waals surface area contributed by atoms with Crippen LogP contribution in [0.2, 0.25) is 0 Å². The van der Waals surface area contributed by atoms with Gasteiger partial charge in [0.25, 0.3) is 11.6 Å². The molecular weight excluding hydrogens is 312 g/mol. The summed E-state index contributed by atoms with van der Waals surface area (Å²) in [5, 5.41) is 14.4. The monoisotopic (exact) mass is 328 g/mol. The largest absolute Gasteiger partial charge is 0.347 e. The predicted octanol–water partition coefficient (Wildman–Crippen LogP) is 3.20. The zero-order chi connectivity index (χ0) is 14.6. The molecule has 19 heavy (non-hydrogen) atoms. The van der Waals surface area contributed by atoms with Crippen LogP contribution in [0, 0.1) is 17.0 Å². The number of aryl methyl sites for hydroxylation is 1. The van der Waals surface area contributed by atoms with Gasteiger partial charge in [-0.3, -0.25) is 14.9 Å². The van der Waals surface area contributed by atoms with Crippen LogP contribution in [0.4, 0.5) is 5.69 Å². The lowest BCUT2D eigenvalue weighted by atomic mass is 10.0. The van der Waals surface area contributed by atoms with E-state index < -0.39 is 4.92 Å². The predicted molar refractivity (Wildman–Crippen MR) is 77.8 cm³/mol. The molecule has 0 aromatic heterocycles. The first-order valence-corrected chi connectivity index (χ1v) is 7.02. The van der Waals surface area contributed by atoms with Crippen LogP contribution in [-0.4, -0.2) is 21.7 Å². The van der Waals surface area contributed by atoms with Crippen LogP contribution in [0.15, 0.2) is 18.2 Å². The van der Waals surface area contributed by atoms with E-state index in [0.717, 1.165) is 11.8 Å². The Kier molecular flexibility index (Phi) is 5.05. The molecule has 0 heterocycles. The molecule has 6 heteroatoms. The van der Waals surface area contributed by atoms with Crippen molar-refractivity contribution in [2.45, 2.75) is 32.7 Å². The average Bonchev–Trinajstić information content (AvgIpc) is 2.27. The Morgan fingerprint density at radius 2 is 2.11 bits per heavy atom. The lowest BCUT2D eigenvalue weighted by Gasteiger charge is -2.25. The number of nitrogens with one attached hydrogen (secondary N) is 1. The molecule has 0 aliphatic rings. The molecule has 0 radical (unpaired) electrons. The maximum Gasteiger partial charge on any atom is 0.272 e. The molecule has 0 unspecified atom stereocenters. The molecular formula is C13H17BrN2O3. The summed E-state index contributed by atoms with van der Waals surface area (Å²) in [7, 11) is 0. The van der Waals surface area contributed by atoms with E-state index in [2.05, 4.69) is 21.2 Å². The second-order valence-corrected chi connectivity index (χ2v) is 5.83. The van der Waals surface area contributed by atoms with Crippen molar-refractivity contribution in [1.29, 1.82) is 0 Å². The summed E-state index contributed by atoms with van der Waals surface area (Å²) >= 11 is 3.34. The number of amides is 1. The standard InChI is InChI=1S/C13H17BrN2O3/c1-9-8-10(4-5-11(9)16(18)19)12(17)15-13(2,3)6-7-14/h4-5,8H,6-7H2,1-3H3,(H,15,17). The van der Waals surface area contributed by atoms with E-state index in [1.165, 1.54) is 18.2 Å². The van der Waals surface area contributed by atoms with Crippen LogP contribution in [0.1, 0.15) is 36.2 Å². The molecule has 5 nitrogen and oxygen atoms in total. The fraction of sp³-hybridized carbons (Fsp3) is 0.462. The minimum Gasteiger partial charge on any atom is -0.347 e. The molecule has 0 aliphatic carbocycles. The molecule has 0 spiro atoms. The van der Waals surface area contributed by atoms with Crippen LogP contribution < -0.4 is 5.32 Å². The second-order valence-electron chi connectivity index (χ2n) is 5.04. The maximum atomic E-state index is 12.1. The highest BCUT2D eigenvalue weighted by Crippen LogP contribution is 2.19. The number of rotatable bonds is 5. The minimum absolute atomic E-state index is 0.0243. The highest BCUT2D eigenvalue weighted by molar-refractivity contribution is 9.09. The van der Waals surface area contributed by atoms with Gasteiger partial charge in [-0.25, -0.2) is 0 Å². The van der Waals surface area contributed by atoms with E-state index >= 15 is 0 Å². The molecule has 0 saturated carbocycles. The van der Waals surface area contributed by atoms with E-state index in [1.54, 1.807) is 6.92 Å². The molecule has 104 valence electrons. The Hall–Kier alpha value is -1.43. The van der Waals surface area contributed by atoms with Gasteiger partial charge in [0.05, 0.1) is 4.92 Å². The van der Waals surface area contributed by atoms with Gasteiger partial charge in [-0.2, -0.15) is 0 Å². The molecule has 1 aromatic carbocycles. The summed E-state index contributed by atoms with van der Waals surface area (Å²) in [5.41, 5.74) is 0.619. The van der Waals surface area contributed by atoms with E-state index in [-0.39, 0.29) is 17.1 Å². The maximum absolute atomic E-state index is 12.1. The first-order valence-electron chi connectivity index (χ1n) is 5.90. The van der Waals surface area contributed by atoms with E-state index in [1.807, 2.05) is 13.8 Å². The topological polar surface area (TPSA) is 72.2 Å². The third-order valence-electron chi connectivity index (χ3n) is 2.83. The van der Waals surface area contributed by atoms with Crippen molar-refractivity contribution in [1.82, 2.24) is 5.32 Å². The molecule has 1 aromatic rings. The lowest BCUT2D eigenvalue weighted by Crippen LogP contribution is -2.43. The Morgan fingerprint density at radius 1 is 1.47 bits per heavy atom. The van der Waals surface area contributed by atoms with Gasteiger partial charge in [-0.05, 0) is 39.3 Å². The van der Waals surface area contributed by atoms with Crippen molar-refractivity contribution in [3.63, 3.8) is 0 Å². The van der Waals surface area contributed by atoms with Gasteiger partial charge in [0.15, 0.2) is 0 Å². The molecule has 0 atom stereocenters. The summed E-state index contributed by atoms with van der Waals surface area (Å²) in [5.74, 6) is -0.219. The van der Waals surface area contributed by atoms with E-state index in [9.17, 15) is 14.9 Å². The van der Waals surface area contributed by atoms with Gasteiger partial charge < -0.3 is 5.32 Å². The number of benzene rings is 1. The van der Waals surface area contributed by atoms with Crippen molar-refractivity contribution in [2.24, 2.45) is 0 Å². The number of hydrogen-bond donors (Lipinski definition) is 1. The second kappa shape index (κ2) is 6.14. The molecule has 1 rings (SSSR count). The van der Waals surface area contributed by atoms with Gasteiger partial charge in [-0.15, -0.1) is 0 Å². The summed E-state index contributed by atoms with van der Waals surface area (Å²) in [6, 6.07) is 4.38. The summed E-state index contributed by atoms with van der Waals surface area (Å²) in [6.07, 6.45) is 0.796. The number of carbonyl (C=O) groups is 1. The van der Waals surface area contributed by atoms with E-state index in [0.29, 0.717) is 11.1 Å². The summed E-state index contributed by atoms with van der Waals surface area (Å²) in [4.78, 5) is 22.3. The molecule has 1 amide bonds. The Labute approximate surface area is 120 Å². The average molecular weight is 329 g/mol. The SMILES string of the molecule is Cc1cc(C(=O)NC(C)(C)CCBr)ccc1[N+](=O)[O-]. The van der Waals surface area contributed by atoms with Crippen LogP contribution in [-0.2, 0) is 0 Å². The smallest absolute Gasteiger partial charge is 0.272 e. The van der Waals surface area contributed by atoms with Crippen molar-refractivity contribution >= 4 is 27.5 Å². The Balaban J connectivity index is 2.90. The number of nitrogens with zero attached hydrogens (tertiary/aromatic N) is 1. The van der Waals surface area contributed by atoms with Gasteiger partial charge in [0, 0.05) is 28.1 Å². The van der Waals surface area contributed by atoms with Gasteiger partial charge in [-0.1, -0.05) is 15.9 Å². The van der Waals surface area contributed by atoms with Crippen LogP contribution >= 0.6 is 15.9 Å². The first-order chi connectivity index (χ1) is 8.76. The quantitative estimate of drug-likeness (QED) is 0.512.